The lowest BCUT2D eigenvalue weighted by Gasteiger charge is -2.26. The number of carbonyl (C=O) groups excluding carboxylic acids is 1. The first kappa shape index (κ1) is 13.2. The molecule has 0 saturated carbocycles. The Labute approximate surface area is 128 Å². The fourth-order valence-corrected chi connectivity index (χ4v) is 3.59. The Hall–Kier alpha value is -2.43. The Morgan fingerprint density at radius 1 is 1.41 bits per heavy atom. The first-order valence-corrected chi connectivity index (χ1v) is 7.56. The standard InChI is InChI=1S/C17H18N2O3/c1-22-16-7-12-13(8-15(16)20)18-9-11-6-10-4-2-3-5-14(10)19(11)17(12)21/h2,4,7-8,11,18,20H,3,5-6,9H2,1H3. The van der Waals surface area contributed by atoms with E-state index in [-0.39, 0.29) is 17.7 Å². The third kappa shape index (κ3) is 1.81. The van der Waals surface area contributed by atoms with E-state index in [0.717, 1.165) is 25.0 Å². The number of anilines is 1. The van der Waals surface area contributed by atoms with Crippen LogP contribution >= 0.6 is 0 Å². The van der Waals surface area contributed by atoms with Crippen LogP contribution in [-0.2, 0) is 0 Å². The summed E-state index contributed by atoms with van der Waals surface area (Å²) in [7, 11) is 1.49. The number of phenolic OH excluding ortho intramolecular Hbond substituents is 1. The Bertz CT molecular complexity index is 721. The lowest BCUT2D eigenvalue weighted by atomic mass is 10.0. The molecule has 2 N–H and O–H groups in total. The van der Waals surface area contributed by atoms with Crippen molar-refractivity contribution in [2.45, 2.75) is 25.3 Å². The molecule has 0 fully saturated rings. The highest BCUT2D eigenvalue weighted by molar-refractivity contribution is 6.02. The van der Waals surface area contributed by atoms with Crippen molar-refractivity contribution in [2.75, 3.05) is 19.0 Å². The van der Waals surface area contributed by atoms with E-state index in [9.17, 15) is 9.90 Å². The van der Waals surface area contributed by atoms with Gasteiger partial charge in [0.25, 0.3) is 5.91 Å². The van der Waals surface area contributed by atoms with E-state index in [1.807, 2.05) is 4.90 Å². The normalized spacial score (nSPS) is 22.7. The Morgan fingerprint density at radius 2 is 2.27 bits per heavy atom. The van der Waals surface area contributed by atoms with Crippen LogP contribution in [0.4, 0.5) is 5.69 Å². The average molecular weight is 298 g/mol. The van der Waals surface area contributed by atoms with Gasteiger partial charge >= 0.3 is 0 Å². The SMILES string of the molecule is COc1cc2c(cc1O)NCC1CC3=C(CCC=C3)N1C2=O. The number of nitrogens with zero attached hydrogens (tertiary/aromatic N) is 1. The highest BCUT2D eigenvalue weighted by Gasteiger charge is 2.38. The Morgan fingerprint density at radius 3 is 3.09 bits per heavy atom. The molecular formula is C17H18N2O3. The number of phenols is 1. The van der Waals surface area contributed by atoms with Crippen molar-refractivity contribution in [2.24, 2.45) is 0 Å². The minimum absolute atomic E-state index is 0.0106. The number of methoxy groups -OCH3 is 1. The van der Waals surface area contributed by atoms with Gasteiger partial charge in [-0.2, -0.15) is 0 Å². The third-order valence-corrected chi connectivity index (χ3v) is 4.65. The van der Waals surface area contributed by atoms with Crippen LogP contribution < -0.4 is 10.1 Å². The zero-order chi connectivity index (χ0) is 15.3. The first-order chi connectivity index (χ1) is 10.7. The van der Waals surface area contributed by atoms with Crippen molar-refractivity contribution in [3.8, 4) is 11.5 Å². The number of allylic oxidation sites excluding steroid dienone is 3. The third-order valence-electron chi connectivity index (χ3n) is 4.65. The lowest BCUT2D eigenvalue weighted by molar-refractivity contribution is 0.0774. The number of fused-ring (bicyclic) bond motifs is 3. The second-order valence-corrected chi connectivity index (χ2v) is 5.90. The van der Waals surface area contributed by atoms with Crippen LogP contribution in [0.1, 0.15) is 29.6 Å². The molecule has 0 saturated heterocycles. The molecule has 0 spiro atoms. The van der Waals surface area contributed by atoms with E-state index in [2.05, 4.69) is 17.5 Å². The van der Waals surface area contributed by atoms with Crippen molar-refractivity contribution in [1.29, 1.82) is 0 Å². The molecule has 2 heterocycles. The number of nitrogens with one attached hydrogen (secondary N) is 1. The van der Waals surface area contributed by atoms with Crippen LogP contribution in [0.25, 0.3) is 0 Å². The maximum atomic E-state index is 13.0. The van der Waals surface area contributed by atoms with Gasteiger partial charge < -0.3 is 20.1 Å². The summed E-state index contributed by atoms with van der Waals surface area (Å²) in [5.74, 6) is 0.358. The van der Waals surface area contributed by atoms with Crippen molar-refractivity contribution in [3.63, 3.8) is 0 Å². The fraction of sp³-hybridized carbons (Fsp3) is 0.353. The van der Waals surface area contributed by atoms with Crippen molar-refractivity contribution < 1.29 is 14.6 Å². The topological polar surface area (TPSA) is 61.8 Å². The zero-order valence-corrected chi connectivity index (χ0v) is 12.4. The summed E-state index contributed by atoms with van der Waals surface area (Å²) >= 11 is 0. The Kier molecular flexibility index (Phi) is 2.89. The number of ether oxygens (including phenoxy) is 1. The summed E-state index contributed by atoms with van der Waals surface area (Å²) < 4.78 is 5.15. The number of hydrogen-bond donors (Lipinski definition) is 2. The first-order valence-electron chi connectivity index (χ1n) is 7.56. The molecule has 22 heavy (non-hydrogen) atoms. The quantitative estimate of drug-likeness (QED) is 0.836. The van der Waals surface area contributed by atoms with Crippen LogP contribution in [0.2, 0.25) is 0 Å². The molecule has 0 aromatic heterocycles. The van der Waals surface area contributed by atoms with E-state index in [1.165, 1.54) is 12.7 Å². The lowest BCUT2D eigenvalue weighted by Crippen LogP contribution is -2.37. The molecule has 2 aliphatic heterocycles. The summed E-state index contributed by atoms with van der Waals surface area (Å²) in [6.07, 6.45) is 7.12. The van der Waals surface area contributed by atoms with Gasteiger partial charge in [-0.05, 0) is 30.9 Å². The Balaban J connectivity index is 1.81. The molecule has 1 unspecified atom stereocenters. The second-order valence-electron chi connectivity index (χ2n) is 5.90. The van der Waals surface area contributed by atoms with Crippen LogP contribution in [0.15, 0.2) is 35.6 Å². The van der Waals surface area contributed by atoms with Crippen molar-refractivity contribution in [1.82, 2.24) is 4.90 Å². The molecule has 114 valence electrons. The highest BCUT2D eigenvalue weighted by Crippen LogP contribution is 2.41. The van der Waals surface area contributed by atoms with Gasteiger partial charge in [0.2, 0.25) is 0 Å². The molecule has 1 aromatic rings. The number of benzene rings is 1. The van der Waals surface area contributed by atoms with Gasteiger partial charge in [0, 0.05) is 18.3 Å². The van der Waals surface area contributed by atoms with Gasteiger partial charge in [-0.1, -0.05) is 12.2 Å². The van der Waals surface area contributed by atoms with Gasteiger partial charge in [-0.15, -0.1) is 0 Å². The summed E-state index contributed by atoms with van der Waals surface area (Å²) in [6.45, 7) is 0.686. The van der Waals surface area contributed by atoms with E-state index >= 15 is 0 Å². The van der Waals surface area contributed by atoms with E-state index in [4.69, 9.17) is 4.74 Å². The van der Waals surface area contributed by atoms with Gasteiger partial charge in [0.05, 0.1) is 24.4 Å². The van der Waals surface area contributed by atoms with Crippen LogP contribution in [0, 0.1) is 0 Å². The monoisotopic (exact) mass is 298 g/mol. The molecule has 1 atom stereocenters. The molecule has 5 heteroatoms. The van der Waals surface area contributed by atoms with Crippen LogP contribution in [0.5, 0.6) is 11.5 Å². The molecular weight excluding hydrogens is 280 g/mol. The molecule has 0 radical (unpaired) electrons. The van der Waals surface area contributed by atoms with Crippen LogP contribution in [0.3, 0.4) is 0 Å². The zero-order valence-electron chi connectivity index (χ0n) is 12.4. The van der Waals surface area contributed by atoms with Gasteiger partial charge in [0.15, 0.2) is 11.5 Å². The van der Waals surface area contributed by atoms with Gasteiger partial charge in [-0.25, -0.2) is 0 Å². The number of carbonyl (C=O) groups is 1. The maximum Gasteiger partial charge on any atom is 0.260 e. The van der Waals surface area contributed by atoms with Crippen molar-refractivity contribution in [3.05, 3.63) is 41.1 Å². The minimum Gasteiger partial charge on any atom is -0.504 e. The number of rotatable bonds is 1. The minimum atomic E-state index is -0.0106. The van der Waals surface area contributed by atoms with E-state index in [0.29, 0.717) is 23.5 Å². The van der Waals surface area contributed by atoms with Gasteiger partial charge in [0.1, 0.15) is 0 Å². The summed E-state index contributed by atoms with van der Waals surface area (Å²) in [6, 6.07) is 3.34. The molecule has 1 aromatic carbocycles. The number of hydrogen-bond acceptors (Lipinski definition) is 4. The van der Waals surface area contributed by atoms with E-state index < -0.39 is 0 Å². The number of aromatic hydroxyl groups is 1. The second kappa shape index (κ2) is 4.80. The predicted molar refractivity (Wildman–Crippen MR) is 83.1 cm³/mol. The smallest absolute Gasteiger partial charge is 0.260 e. The van der Waals surface area contributed by atoms with Crippen molar-refractivity contribution >= 4 is 11.6 Å². The molecule has 3 aliphatic rings. The van der Waals surface area contributed by atoms with Gasteiger partial charge in [-0.3, -0.25) is 4.79 Å². The summed E-state index contributed by atoms with van der Waals surface area (Å²) in [5.41, 5.74) is 3.66. The maximum absolute atomic E-state index is 13.0. The summed E-state index contributed by atoms with van der Waals surface area (Å²) in [5, 5.41) is 13.2. The average Bonchev–Trinajstić information content (AvgIpc) is 2.84. The fourth-order valence-electron chi connectivity index (χ4n) is 3.59. The largest absolute Gasteiger partial charge is 0.504 e. The molecule has 1 aliphatic carbocycles. The highest BCUT2D eigenvalue weighted by atomic mass is 16.5. The molecule has 1 amide bonds. The van der Waals surface area contributed by atoms with E-state index in [1.54, 1.807) is 12.1 Å². The molecule has 5 nitrogen and oxygen atoms in total. The predicted octanol–water partition coefficient (Wildman–Crippen LogP) is 2.64. The number of amides is 1. The summed E-state index contributed by atoms with van der Waals surface area (Å²) in [4.78, 5) is 15.0. The molecule has 4 rings (SSSR count). The molecule has 0 bridgehead atoms. The van der Waals surface area contributed by atoms with Crippen LogP contribution in [-0.4, -0.2) is 35.6 Å².